The number of nitrogens with zero attached hydrogens (tertiary/aromatic N) is 4. The normalized spacial score (nSPS) is 14.9. The van der Waals surface area contributed by atoms with Gasteiger partial charge in [-0.15, -0.1) is 5.10 Å². The van der Waals surface area contributed by atoms with Gasteiger partial charge >= 0.3 is 5.69 Å². The van der Waals surface area contributed by atoms with Crippen molar-refractivity contribution in [1.82, 2.24) is 19.2 Å². The second-order valence-electron chi connectivity index (χ2n) is 7.35. The van der Waals surface area contributed by atoms with E-state index in [-0.39, 0.29) is 18.1 Å². The summed E-state index contributed by atoms with van der Waals surface area (Å²) >= 11 is 1.69. The number of benzene rings is 1. The number of fused-ring (bicyclic) bond motifs is 1. The van der Waals surface area contributed by atoms with Crippen molar-refractivity contribution in [2.75, 3.05) is 5.32 Å². The van der Waals surface area contributed by atoms with Gasteiger partial charge in [0.15, 0.2) is 5.65 Å². The summed E-state index contributed by atoms with van der Waals surface area (Å²) in [6, 6.07) is 7.70. The highest BCUT2D eigenvalue weighted by Gasteiger charge is 2.20. The predicted molar refractivity (Wildman–Crippen MR) is 114 cm³/mol. The summed E-state index contributed by atoms with van der Waals surface area (Å²) in [5, 5.41) is 8.53. The van der Waals surface area contributed by atoms with Crippen LogP contribution in [0.15, 0.2) is 46.5 Å². The van der Waals surface area contributed by atoms with E-state index >= 15 is 0 Å². The Morgan fingerprint density at radius 3 is 2.90 bits per heavy atom. The summed E-state index contributed by atoms with van der Waals surface area (Å²) < 4.78 is 2.68. The van der Waals surface area contributed by atoms with Crippen LogP contribution < -0.4 is 11.0 Å². The van der Waals surface area contributed by atoms with Gasteiger partial charge in [0, 0.05) is 23.3 Å². The second kappa shape index (κ2) is 8.82. The maximum Gasteiger partial charge on any atom is 0.350 e. The number of carbonyl (C=O) groups excluding carboxylic acids is 1. The van der Waals surface area contributed by atoms with Crippen LogP contribution in [-0.2, 0) is 17.8 Å². The topological polar surface area (TPSA) is 81.3 Å². The van der Waals surface area contributed by atoms with E-state index in [9.17, 15) is 9.59 Å². The zero-order valence-electron chi connectivity index (χ0n) is 16.5. The van der Waals surface area contributed by atoms with Gasteiger partial charge in [-0.2, -0.15) is 0 Å². The van der Waals surface area contributed by atoms with Crippen LogP contribution in [0.2, 0.25) is 0 Å². The summed E-state index contributed by atoms with van der Waals surface area (Å²) in [6.45, 7) is 1.93. The summed E-state index contributed by atoms with van der Waals surface area (Å²) in [7, 11) is 0. The lowest BCUT2D eigenvalue weighted by atomic mass is 10.0. The quantitative estimate of drug-likeness (QED) is 0.671. The molecule has 1 amide bonds. The highest BCUT2D eigenvalue weighted by atomic mass is 32.2. The molecule has 29 heavy (non-hydrogen) atoms. The van der Waals surface area contributed by atoms with E-state index in [1.165, 1.54) is 28.3 Å². The van der Waals surface area contributed by atoms with Crippen molar-refractivity contribution >= 4 is 29.0 Å². The van der Waals surface area contributed by atoms with E-state index in [1.807, 2.05) is 24.3 Å². The van der Waals surface area contributed by atoms with Gasteiger partial charge in [0.05, 0.1) is 0 Å². The van der Waals surface area contributed by atoms with Gasteiger partial charge in [0.25, 0.3) is 0 Å². The lowest BCUT2D eigenvalue weighted by molar-refractivity contribution is -0.117. The molecule has 0 radical (unpaired) electrons. The monoisotopic (exact) mass is 411 g/mol. The Bertz CT molecular complexity index is 1070. The molecule has 7 nitrogen and oxygen atoms in total. The summed E-state index contributed by atoms with van der Waals surface area (Å²) in [5.74, 6) is -0.279. The number of hydrogen-bond acceptors (Lipinski definition) is 5. The number of rotatable bonds is 6. The average Bonchev–Trinajstić information content (AvgIpc) is 3.05. The minimum Gasteiger partial charge on any atom is -0.324 e. The summed E-state index contributed by atoms with van der Waals surface area (Å²) in [4.78, 5) is 29.6. The Morgan fingerprint density at radius 1 is 1.28 bits per heavy atom. The molecule has 0 atom stereocenters. The number of hydrogen-bond donors (Lipinski definition) is 1. The minimum atomic E-state index is -0.328. The van der Waals surface area contributed by atoms with Crippen LogP contribution in [-0.4, -0.2) is 30.3 Å². The van der Waals surface area contributed by atoms with Crippen molar-refractivity contribution in [2.45, 2.75) is 62.3 Å². The van der Waals surface area contributed by atoms with Crippen LogP contribution in [0.5, 0.6) is 0 Å². The van der Waals surface area contributed by atoms with E-state index in [0.29, 0.717) is 10.9 Å². The van der Waals surface area contributed by atoms with Crippen LogP contribution in [0, 0.1) is 0 Å². The molecule has 1 fully saturated rings. The maximum absolute atomic E-state index is 12.7. The van der Waals surface area contributed by atoms with Crippen molar-refractivity contribution < 1.29 is 4.79 Å². The van der Waals surface area contributed by atoms with Crippen LogP contribution in [0.3, 0.4) is 0 Å². The molecule has 3 aromatic rings. The molecule has 2 heterocycles. The van der Waals surface area contributed by atoms with E-state index in [2.05, 4.69) is 22.3 Å². The van der Waals surface area contributed by atoms with E-state index in [1.54, 1.807) is 24.2 Å². The predicted octanol–water partition coefficient (Wildman–Crippen LogP) is 3.52. The fourth-order valence-corrected chi connectivity index (χ4v) is 4.91. The number of thioether (sulfide) groups is 1. The van der Waals surface area contributed by atoms with Crippen molar-refractivity contribution in [3.05, 3.63) is 52.7 Å². The zero-order valence-corrected chi connectivity index (χ0v) is 17.3. The van der Waals surface area contributed by atoms with Gasteiger partial charge in [-0.3, -0.25) is 4.79 Å². The first kappa shape index (κ1) is 19.7. The molecule has 152 valence electrons. The van der Waals surface area contributed by atoms with Gasteiger partial charge in [-0.05, 0) is 37.0 Å². The van der Waals surface area contributed by atoms with E-state index in [0.717, 1.165) is 35.5 Å². The largest absolute Gasteiger partial charge is 0.350 e. The molecular weight excluding hydrogens is 386 g/mol. The number of amides is 1. The lowest BCUT2D eigenvalue weighted by Crippen LogP contribution is -2.28. The molecule has 0 spiro atoms. The van der Waals surface area contributed by atoms with Crippen molar-refractivity contribution in [3.8, 4) is 0 Å². The van der Waals surface area contributed by atoms with Crippen molar-refractivity contribution in [3.63, 3.8) is 0 Å². The molecule has 4 rings (SSSR count). The number of anilines is 1. The Kier molecular flexibility index (Phi) is 5.99. The number of nitrogens with one attached hydrogen (secondary N) is 1. The third-order valence-corrected chi connectivity index (χ3v) is 6.53. The molecule has 1 saturated carbocycles. The fraction of sp³-hybridized carbons (Fsp3) is 0.429. The van der Waals surface area contributed by atoms with Gasteiger partial charge in [0.1, 0.15) is 11.6 Å². The standard InChI is InChI=1S/C21H25N5O2S/c1-2-15-7-6-8-16(13-15)23-18(27)14-26-21(28)25-12-11-22-20(19(25)24-26)29-17-9-4-3-5-10-17/h6-8,11-13,17H,2-5,9-10,14H2,1H3,(H,23,27). The molecule has 1 N–H and O–H groups in total. The second-order valence-corrected chi connectivity index (χ2v) is 8.64. The molecule has 0 aliphatic heterocycles. The Balaban J connectivity index is 1.53. The molecule has 1 aliphatic carbocycles. The first-order chi connectivity index (χ1) is 14.1. The molecule has 0 unspecified atom stereocenters. The summed E-state index contributed by atoms with van der Waals surface area (Å²) in [6.07, 6.45) is 10.2. The zero-order chi connectivity index (χ0) is 20.2. The Hall–Kier alpha value is -2.61. The van der Waals surface area contributed by atoms with Crippen LogP contribution in [0.4, 0.5) is 5.69 Å². The highest BCUT2D eigenvalue weighted by Crippen LogP contribution is 2.33. The van der Waals surface area contributed by atoms with Crippen LogP contribution in [0.1, 0.15) is 44.6 Å². The maximum atomic E-state index is 12.7. The van der Waals surface area contributed by atoms with Crippen molar-refractivity contribution in [2.24, 2.45) is 0 Å². The SMILES string of the molecule is CCc1cccc(NC(=O)Cn2nc3c(SC4CCCCC4)nccn3c2=O)c1. The fourth-order valence-electron chi connectivity index (χ4n) is 3.66. The number of carbonyl (C=O) groups is 1. The Labute approximate surface area is 173 Å². The number of aryl methyl sites for hydroxylation is 1. The smallest absolute Gasteiger partial charge is 0.324 e. The van der Waals surface area contributed by atoms with Gasteiger partial charge in [0.2, 0.25) is 5.91 Å². The lowest BCUT2D eigenvalue weighted by Gasteiger charge is -2.20. The third-order valence-electron chi connectivity index (χ3n) is 5.21. The Morgan fingerprint density at radius 2 is 2.10 bits per heavy atom. The minimum absolute atomic E-state index is 0.135. The molecular formula is C21H25N5O2S. The molecule has 0 saturated heterocycles. The first-order valence-electron chi connectivity index (χ1n) is 10.1. The molecule has 8 heteroatoms. The van der Waals surface area contributed by atoms with Gasteiger partial charge in [-0.1, -0.05) is 50.1 Å². The highest BCUT2D eigenvalue weighted by molar-refractivity contribution is 8.00. The first-order valence-corrected chi connectivity index (χ1v) is 11.0. The van der Waals surface area contributed by atoms with E-state index < -0.39 is 0 Å². The van der Waals surface area contributed by atoms with Crippen molar-refractivity contribution in [1.29, 1.82) is 0 Å². The third kappa shape index (κ3) is 4.53. The van der Waals surface area contributed by atoms with E-state index in [4.69, 9.17) is 0 Å². The van der Waals surface area contributed by atoms with Gasteiger partial charge < -0.3 is 5.32 Å². The number of aromatic nitrogens is 4. The molecule has 2 aromatic heterocycles. The average molecular weight is 412 g/mol. The van der Waals surface area contributed by atoms with Crippen LogP contribution >= 0.6 is 11.8 Å². The van der Waals surface area contributed by atoms with Gasteiger partial charge in [-0.25, -0.2) is 18.9 Å². The molecule has 1 aliphatic rings. The molecule has 1 aromatic carbocycles. The summed E-state index contributed by atoms with van der Waals surface area (Å²) in [5.41, 5.74) is 2.06. The van der Waals surface area contributed by atoms with Crippen LogP contribution in [0.25, 0.3) is 5.65 Å². The molecule has 0 bridgehead atoms.